The number of hydrogen-bond acceptors (Lipinski definition) is 5. The van der Waals surface area contributed by atoms with Crippen LogP contribution in [0.25, 0.3) is 10.9 Å². The monoisotopic (exact) mass is 338 g/mol. The molecule has 1 aliphatic rings. The third kappa shape index (κ3) is 2.50. The number of nitrogens with zero attached hydrogens (tertiary/aromatic N) is 6. The lowest BCUT2D eigenvalue weighted by molar-refractivity contribution is 0.0721. The van der Waals surface area contributed by atoms with Crippen LogP contribution in [0.5, 0.6) is 0 Å². The molecule has 0 saturated carbocycles. The van der Waals surface area contributed by atoms with Crippen molar-refractivity contribution < 1.29 is 4.79 Å². The number of benzene rings is 1. The Hall–Kier alpha value is -3.03. The first-order valence-corrected chi connectivity index (χ1v) is 8.19. The Morgan fingerprint density at radius 1 is 1.24 bits per heavy atom. The highest BCUT2D eigenvalue weighted by molar-refractivity contribution is 5.92. The Labute approximate surface area is 143 Å². The maximum atomic E-state index is 12.8. The lowest BCUT2D eigenvalue weighted by Gasteiger charge is -2.25. The van der Waals surface area contributed by atoms with Gasteiger partial charge in [-0.15, -0.1) is 5.10 Å². The molecule has 1 saturated heterocycles. The molecule has 0 radical (unpaired) electrons. The number of hydrogen-bond donors (Lipinski definition) is 0. The predicted octanol–water partition coefficient (Wildman–Crippen LogP) is 1.04. The minimum absolute atomic E-state index is 0.0978. The molecule has 8 nitrogen and oxygen atoms in total. The van der Waals surface area contributed by atoms with Crippen molar-refractivity contribution in [3.05, 3.63) is 52.3 Å². The molecule has 1 fully saturated rings. The van der Waals surface area contributed by atoms with Crippen molar-refractivity contribution in [3.8, 4) is 0 Å². The number of likely N-dealkylation sites (tertiary alicyclic amines) is 1. The van der Waals surface area contributed by atoms with Crippen LogP contribution in [0.2, 0.25) is 0 Å². The maximum Gasteiger partial charge on any atom is 0.276 e. The van der Waals surface area contributed by atoms with Crippen LogP contribution < -0.4 is 5.56 Å². The molecule has 25 heavy (non-hydrogen) atoms. The molecule has 1 unspecified atom stereocenters. The van der Waals surface area contributed by atoms with Gasteiger partial charge < -0.3 is 4.90 Å². The predicted molar refractivity (Wildman–Crippen MR) is 91.0 cm³/mol. The maximum absolute atomic E-state index is 12.8. The van der Waals surface area contributed by atoms with Gasteiger partial charge in [-0.1, -0.05) is 17.3 Å². The number of aromatic nitrogens is 5. The summed E-state index contributed by atoms with van der Waals surface area (Å²) < 4.78 is 3.05. The van der Waals surface area contributed by atoms with Gasteiger partial charge in [0.05, 0.1) is 23.1 Å². The minimum Gasteiger partial charge on any atom is -0.327 e. The topological polar surface area (TPSA) is 85.9 Å². The molecule has 4 rings (SSSR count). The highest BCUT2D eigenvalue weighted by Crippen LogP contribution is 2.31. The molecule has 3 aromatic rings. The van der Waals surface area contributed by atoms with Gasteiger partial charge in [0.25, 0.3) is 11.5 Å². The second-order valence-electron chi connectivity index (χ2n) is 6.29. The number of para-hydroxylation sites is 1. The van der Waals surface area contributed by atoms with Crippen LogP contribution in [0.15, 0.2) is 35.3 Å². The molecule has 1 aromatic carbocycles. The number of fused-ring (bicyclic) bond motifs is 1. The first-order valence-electron chi connectivity index (χ1n) is 8.19. The van der Waals surface area contributed by atoms with E-state index in [0.29, 0.717) is 29.0 Å². The summed E-state index contributed by atoms with van der Waals surface area (Å²) in [7, 11) is 3.43. The Morgan fingerprint density at radius 3 is 2.80 bits per heavy atom. The third-order valence-electron chi connectivity index (χ3n) is 4.65. The van der Waals surface area contributed by atoms with E-state index >= 15 is 0 Å². The molecule has 0 N–H and O–H groups in total. The second-order valence-corrected chi connectivity index (χ2v) is 6.29. The van der Waals surface area contributed by atoms with E-state index in [1.807, 2.05) is 18.2 Å². The van der Waals surface area contributed by atoms with Crippen molar-refractivity contribution >= 4 is 16.8 Å². The number of aryl methyl sites for hydroxylation is 1. The zero-order valence-corrected chi connectivity index (χ0v) is 14.1. The average molecular weight is 338 g/mol. The Kier molecular flexibility index (Phi) is 3.60. The fraction of sp³-hybridized carbons (Fsp3) is 0.353. The highest BCUT2D eigenvalue weighted by atomic mass is 16.2. The molecule has 0 aliphatic carbocycles. The zero-order chi connectivity index (χ0) is 17.6. The lowest BCUT2D eigenvalue weighted by Crippen LogP contribution is -2.35. The molecule has 0 bridgehead atoms. The van der Waals surface area contributed by atoms with E-state index in [0.717, 1.165) is 12.8 Å². The molecular formula is C17H18N6O2. The summed E-state index contributed by atoms with van der Waals surface area (Å²) in [5.41, 5.74) is 0.860. The lowest BCUT2D eigenvalue weighted by atomic mass is 10.1. The summed E-state index contributed by atoms with van der Waals surface area (Å²) in [6, 6.07) is 7.03. The van der Waals surface area contributed by atoms with Gasteiger partial charge in [0, 0.05) is 20.6 Å². The normalized spacial score (nSPS) is 17.4. The Balaban J connectivity index is 1.78. The van der Waals surface area contributed by atoms with E-state index in [-0.39, 0.29) is 17.5 Å². The Bertz CT molecular complexity index is 1020. The van der Waals surface area contributed by atoms with Crippen molar-refractivity contribution in [1.82, 2.24) is 29.4 Å². The quantitative estimate of drug-likeness (QED) is 0.697. The number of rotatable bonds is 2. The van der Waals surface area contributed by atoms with Crippen LogP contribution in [0.4, 0.5) is 0 Å². The summed E-state index contributed by atoms with van der Waals surface area (Å²) in [5.74, 6) is 0.427. The standard InChI is InChI=1S/C17H18N6O2/c1-21-10-13(19-20-21)17(25)23-9-5-8-14(23)15-18-12-7-4-3-6-11(12)16(24)22(15)2/h3-4,6-7,10,14H,5,8-9H2,1-2H3. The fourth-order valence-corrected chi connectivity index (χ4v) is 3.40. The second kappa shape index (κ2) is 5.80. The Morgan fingerprint density at radius 2 is 2.04 bits per heavy atom. The van der Waals surface area contributed by atoms with E-state index in [1.54, 1.807) is 35.8 Å². The van der Waals surface area contributed by atoms with Gasteiger partial charge in [0.1, 0.15) is 5.82 Å². The van der Waals surface area contributed by atoms with Gasteiger partial charge >= 0.3 is 0 Å². The molecule has 128 valence electrons. The summed E-state index contributed by atoms with van der Waals surface area (Å²) in [6.07, 6.45) is 3.23. The smallest absolute Gasteiger partial charge is 0.276 e. The van der Waals surface area contributed by atoms with Gasteiger partial charge in [-0.25, -0.2) is 4.98 Å². The molecule has 0 spiro atoms. The minimum atomic E-state index is -0.239. The number of amides is 1. The van der Waals surface area contributed by atoms with Crippen molar-refractivity contribution in [1.29, 1.82) is 0 Å². The first kappa shape index (κ1) is 15.5. The van der Waals surface area contributed by atoms with Gasteiger partial charge in [-0.2, -0.15) is 0 Å². The molecule has 2 aromatic heterocycles. The largest absolute Gasteiger partial charge is 0.327 e. The first-order chi connectivity index (χ1) is 12.1. The summed E-state index contributed by atoms with van der Waals surface area (Å²) in [5, 5.41) is 8.32. The summed E-state index contributed by atoms with van der Waals surface area (Å²) >= 11 is 0. The number of carbonyl (C=O) groups is 1. The molecule has 1 amide bonds. The molecule has 1 atom stereocenters. The molecular weight excluding hydrogens is 320 g/mol. The van der Waals surface area contributed by atoms with E-state index in [9.17, 15) is 9.59 Å². The van der Waals surface area contributed by atoms with E-state index in [4.69, 9.17) is 0 Å². The van der Waals surface area contributed by atoms with Crippen LogP contribution in [-0.4, -0.2) is 41.9 Å². The average Bonchev–Trinajstić information content (AvgIpc) is 3.26. The van der Waals surface area contributed by atoms with Crippen LogP contribution in [-0.2, 0) is 14.1 Å². The van der Waals surface area contributed by atoms with Crippen molar-refractivity contribution in [2.45, 2.75) is 18.9 Å². The highest BCUT2D eigenvalue weighted by Gasteiger charge is 2.34. The van der Waals surface area contributed by atoms with E-state index < -0.39 is 0 Å². The van der Waals surface area contributed by atoms with Crippen molar-refractivity contribution in [2.24, 2.45) is 14.1 Å². The SMILES string of the molecule is Cn1cc(C(=O)N2CCCC2c2nc3ccccc3c(=O)n2C)nn1. The van der Waals surface area contributed by atoms with Crippen molar-refractivity contribution in [2.75, 3.05) is 6.54 Å². The molecule has 8 heteroatoms. The summed E-state index contributed by atoms with van der Waals surface area (Å²) in [6.45, 7) is 0.614. The molecule has 3 heterocycles. The molecule has 1 aliphatic heterocycles. The van der Waals surface area contributed by atoms with Crippen LogP contribution in [0, 0.1) is 0 Å². The van der Waals surface area contributed by atoms with Gasteiger partial charge in [-0.3, -0.25) is 18.8 Å². The van der Waals surface area contributed by atoms with Gasteiger partial charge in [0.2, 0.25) is 0 Å². The van der Waals surface area contributed by atoms with E-state index in [1.165, 1.54) is 4.68 Å². The van der Waals surface area contributed by atoms with Crippen LogP contribution >= 0.6 is 0 Å². The van der Waals surface area contributed by atoms with Crippen LogP contribution in [0.1, 0.15) is 35.2 Å². The number of carbonyl (C=O) groups excluding carboxylic acids is 1. The third-order valence-corrected chi connectivity index (χ3v) is 4.65. The zero-order valence-electron chi connectivity index (χ0n) is 14.1. The van der Waals surface area contributed by atoms with Gasteiger partial charge in [0.15, 0.2) is 5.69 Å². The van der Waals surface area contributed by atoms with E-state index in [2.05, 4.69) is 15.3 Å². The van der Waals surface area contributed by atoms with Gasteiger partial charge in [-0.05, 0) is 25.0 Å². The summed E-state index contributed by atoms with van der Waals surface area (Å²) in [4.78, 5) is 31.9. The van der Waals surface area contributed by atoms with Crippen molar-refractivity contribution in [3.63, 3.8) is 0 Å². The van der Waals surface area contributed by atoms with Crippen LogP contribution in [0.3, 0.4) is 0 Å². The fourth-order valence-electron chi connectivity index (χ4n) is 3.40.